The number of rotatable bonds is 5. The fourth-order valence-corrected chi connectivity index (χ4v) is 5.11. The van der Waals surface area contributed by atoms with Gasteiger partial charge in [-0.15, -0.1) is 0 Å². The zero-order chi connectivity index (χ0) is 21.5. The average Bonchev–Trinajstić information content (AvgIpc) is 3.55. The topological polar surface area (TPSA) is 80.9 Å². The van der Waals surface area contributed by atoms with Crippen LogP contribution >= 0.6 is 23.2 Å². The van der Waals surface area contributed by atoms with E-state index in [0.29, 0.717) is 34.3 Å². The van der Waals surface area contributed by atoms with Gasteiger partial charge in [0.05, 0.1) is 28.3 Å². The molecule has 1 N–H and O–H groups in total. The van der Waals surface area contributed by atoms with Crippen molar-refractivity contribution in [3.8, 4) is 0 Å². The molecular formula is C21H25Cl2N7O. The summed E-state index contributed by atoms with van der Waals surface area (Å²) in [7, 11) is 0. The largest absolute Gasteiger partial charge is 0.340 e. The number of aromatic nitrogens is 5. The van der Waals surface area contributed by atoms with Gasteiger partial charge in [-0.25, -0.2) is 4.98 Å². The van der Waals surface area contributed by atoms with E-state index in [1.165, 1.54) is 12.8 Å². The molecule has 2 fully saturated rings. The number of nitrogens with one attached hydrogen (secondary N) is 1. The number of carbonyl (C=O) groups excluding carboxylic acids is 1. The molecule has 0 aromatic carbocycles. The van der Waals surface area contributed by atoms with E-state index in [2.05, 4.69) is 20.4 Å². The van der Waals surface area contributed by atoms with Crippen molar-refractivity contribution in [2.24, 2.45) is 5.92 Å². The maximum Gasteiger partial charge on any atom is 0.229 e. The quantitative estimate of drug-likeness (QED) is 0.597. The van der Waals surface area contributed by atoms with E-state index < -0.39 is 0 Å². The standard InChI is InChI=1S/C21H25Cl2N7O/c1-2-28-11-16(22)15-9-24-21(26-19(15)28)25-17-12-30(27-18(17)23)14-7-8-29(10-14)20(31)13-5-3-4-6-13/h9,11-14H,2-8,10H2,1H3,(H,24,25,26)/t14-/m0/s1. The van der Waals surface area contributed by atoms with Gasteiger partial charge in [-0.05, 0) is 26.2 Å². The molecule has 3 aromatic heterocycles. The predicted octanol–water partition coefficient (Wildman–Crippen LogP) is 4.66. The number of fused-ring (bicyclic) bond motifs is 1. The minimum atomic E-state index is 0.123. The van der Waals surface area contributed by atoms with Gasteiger partial charge in [0.2, 0.25) is 11.9 Å². The van der Waals surface area contributed by atoms with Crippen LogP contribution < -0.4 is 5.32 Å². The Morgan fingerprint density at radius 2 is 2.03 bits per heavy atom. The van der Waals surface area contributed by atoms with E-state index in [9.17, 15) is 4.79 Å². The van der Waals surface area contributed by atoms with Gasteiger partial charge in [-0.3, -0.25) is 9.48 Å². The fourth-order valence-electron chi connectivity index (χ4n) is 4.68. The normalized spacial score (nSPS) is 19.6. The van der Waals surface area contributed by atoms with E-state index in [1.54, 1.807) is 6.20 Å². The van der Waals surface area contributed by atoms with Gasteiger partial charge in [0, 0.05) is 37.9 Å². The molecule has 5 rings (SSSR count). The van der Waals surface area contributed by atoms with Crippen molar-refractivity contribution >= 4 is 51.8 Å². The van der Waals surface area contributed by atoms with Crippen molar-refractivity contribution in [3.05, 3.63) is 28.8 Å². The van der Waals surface area contributed by atoms with Gasteiger partial charge >= 0.3 is 0 Å². The van der Waals surface area contributed by atoms with Crippen molar-refractivity contribution in [1.29, 1.82) is 0 Å². The van der Waals surface area contributed by atoms with Crippen LogP contribution in [-0.4, -0.2) is 48.2 Å². The number of carbonyl (C=O) groups is 1. The second-order valence-electron chi connectivity index (χ2n) is 8.34. The number of aryl methyl sites for hydroxylation is 1. The Labute approximate surface area is 190 Å². The van der Waals surface area contributed by atoms with Crippen molar-refractivity contribution in [2.45, 2.75) is 51.6 Å². The Morgan fingerprint density at radius 1 is 1.23 bits per heavy atom. The summed E-state index contributed by atoms with van der Waals surface area (Å²) in [5.41, 5.74) is 1.41. The van der Waals surface area contributed by atoms with Gasteiger partial charge < -0.3 is 14.8 Å². The minimum absolute atomic E-state index is 0.123. The molecular weight excluding hydrogens is 437 g/mol. The summed E-state index contributed by atoms with van der Waals surface area (Å²) < 4.78 is 3.83. The van der Waals surface area contributed by atoms with Crippen molar-refractivity contribution in [3.63, 3.8) is 0 Å². The molecule has 1 saturated heterocycles. The van der Waals surface area contributed by atoms with E-state index in [1.807, 2.05) is 33.5 Å². The Hall–Kier alpha value is -2.32. The maximum absolute atomic E-state index is 12.7. The third-order valence-corrected chi connectivity index (χ3v) is 6.98. The fraction of sp³-hybridized carbons (Fsp3) is 0.524. The molecule has 1 aliphatic carbocycles. The lowest BCUT2D eigenvalue weighted by Crippen LogP contribution is -2.33. The Bertz CT molecular complexity index is 1120. The smallest absolute Gasteiger partial charge is 0.229 e. The van der Waals surface area contributed by atoms with E-state index >= 15 is 0 Å². The second kappa shape index (κ2) is 8.31. The van der Waals surface area contributed by atoms with Crippen molar-refractivity contribution in [1.82, 2.24) is 29.2 Å². The van der Waals surface area contributed by atoms with Crippen LogP contribution in [-0.2, 0) is 11.3 Å². The van der Waals surface area contributed by atoms with Crippen LogP contribution in [0.25, 0.3) is 11.0 Å². The lowest BCUT2D eigenvalue weighted by atomic mass is 10.1. The van der Waals surface area contributed by atoms with Crippen LogP contribution in [0, 0.1) is 5.92 Å². The van der Waals surface area contributed by atoms with Crippen molar-refractivity contribution < 1.29 is 4.79 Å². The summed E-state index contributed by atoms with van der Waals surface area (Å²) in [6.07, 6.45) is 10.7. The first-order chi connectivity index (χ1) is 15.0. The highest BCUT2D eigenvalue weighted by atomic mass is 35.5. The number of likely N-dealkylation sites (tertiary alicyclic amines) is 1. The lowest BCUT2D eigenvalue weighted by molar-refractivity contribution is -0.134. The molecule has 0 spiro atoms. The summed E-state index contributed by atoms with van der Waals surface area (Å²) >= 11 is 12.7. The van der Waals surface area contributed by atoms with E-state index in [-0.39, 0.29) is 12.0 Å². The van der Waals surface area contributed by atoms with Crippen LogP contribution in [0.3, 0.4) is 0 Å². The summed E-state index contributed by atoms with van der Waals surface area (Å²) in [5, 5.41) is 9.45. The molecule has 164 valence electrons. The molecule has 0 radical (unpaired) electrons. The van der Waals surface area contributed by atoms with E-state index in [4.69, 9.17) is 23.2 Å². The van der Waals surface area contributed by atoms with E-state index in [0.717, 1.165) is 43.4 Å². The first kappa shape index (κ1) is 20.6. The van der Waals surface area contributed by atoms with Gasteiger partial charge in [0.15, 0.2) is 5.15 Å². The third-order valence-electron chi connectivity index (χ3n) is 6.39. The highest BCUT2D eigenvalue weighted by Crippen LogP contribution is 2.32. The molecule has 1 saturated carbocycles. The molecule has 10 heteroatoms. The van der Waals surface area contributed by atoms with Crippen molar-refractivity contribution in [2.75, 3.05) is 18.4 Å². The molecule has 31 heavy (non-hydrogen) atoms. The Morgan fingerprint density at radius 3 is 2.81 bits per heavy atom. The zero-order valence-electron chi connectivity index (χ0n) is 17.4. The van der Waals surface area contributed by atoms with Gasteiger partial charge in [-0.1, -0.05) is 36.0 Å². The van der Waals surface area contributed by atoms with Gasteiger partial charge in [0.25, 0.3) is 0 Å². The molecule has 8 nitrogen and oxygen atoms in total. The van der Waals surface area contributed by atoms with Gasteiger partial charge in [-0.2, -0.15) is 10.1 Å². The van der Waals surface area contributed by atoms with Crippen LogP contribution in [0.15, 0.2) is 18.6 Å². The van der Waals surface area contributed by atoms with Crippen LogP contribution in [0.4, 0.5) is 11.6 Å². The first-order valence-electron chi connectivity index (χ1n) is 10.9. The maximum atomic E-state index is 12.7. The Kier molecular flexibility index (Phi) is 5.52. The number of halogens is 2. The van der Waals surface area contributed by atoms with Gasteiger partial charge in [0.1, 0.15) is 5.65 Å². The number of hydrogen-bond acceptors (Lipinski definition) is 5. The molecule has 1 aliphatic heterocycles. The first-order valence-corrected chi connectivity index (χ1v) is 11.6. The zero-order valence-corrected chi connectivity index (χ0v) is 18.9. The average molecular weight is 462 g/mol. The summed E-state index contributed by atoms with van der Waals surface area (Å²) in [4.78, 5) is 23.7. The highest BCUT2D eigenvalue weighted by molar-refractivity contribution is 6.35. The molecule has 0 bridgehead atoms. The molecule has 3 aromatic rings. The molecule has 0 unspecified atom stereocenters. The summed E-state index contributed by atoms with van der Waals surface area (Å²) in [5.74, 6) is 0.943. The lowest BCUT2D eigenvalue weighted by Gasteiger charge is -2.20. The second-order valence-corrected chi connectivity index (χ2v) is 9.11. The predicted molar refractivity (Wildman–Crippen MR) is 121 cm³/mol. The molecule has 1 atom stereocenters. The summed E-state index contributed by atoms with van der Waals surface area (Å²) in [6, 6.07) is 0.123. The summed E-state index contributed by atoms with van der Waals surface area (Å²) in [6.45, 7) is 4.25. The number of nitrogens with zero attached hydrogens (tertiary/aromatic N) is 6. The number of amides is 1. The Balaban J connectivity index is 1.31. The van der Waals surface area contributed by atoms with Crippen LogP contribution in [0.2, 0.25) is 10.2 Å². The molecule has 1 amide bonds. The molecule has 4 heterocycles. The monoisotopic (exact) mass is 461 g/mol. The third kappa shape index (κ3) is 3.87. The SMILES string of the molecule is CCn1cc(Cl)c2cnc(Nc3cn([C@H]4CCN(C(=O)C5CCCC5)C4)nc3Cl)nc21. The highest BCUT2D eigenvalue weighted by Gasteiger charge is 2.33. The van der Waals surface area contributed by atoms with Crippen LogP contribution in [0.5, 0.6) is 0 Å². The van der Waals surface area contributed by atoms with Crippen LogP contribution in [0.1, 0.15) is 45.1 Å². The minimum Gasteiger partial charge on any atom is -0.340 e. The number of hydrogen-bond donors (Lipinski definition) is 1. The number of anilines is 2. The molecule has 2 aliphatic rings.